The van der Waals surface area contributed by atoms with Gasteiger partial charge in [-0.1, -0.05) is 0 Å². The van der Waals surface area contributed by atoms with E-state index in [1.54, 1.807) is 11.8 Å². The molecule has 2 rings (SSSR count). The number of hydrogen-bond acceptors (Lipinski definition) is 4. The average molecular weight is 252 g/mol. The van der Waals surface area contributed by atoms with Crippen LogP contribution >= 0.6 is 0 Å². The lowest BCUT2D eigenvalue weighted by Gasteiger charge is -2.26. The molecule has 0 aromatic heterocycles. The number of likely N-dealkylation sites (tertiary alicyclic amines) is 1. The molecule has 5 nitrogen and oxygen atoms in total. The second-order valence-corrected chi connectivity index (χ2v) is 5.26. The summed E-state index contributed by atoms with van der Waals surface area (Å²) in [5.41, 5.74) is 0. The lowest BCUT2D eigenvalue weighted by molar-refractivity contribution is -0.138. The third-order valence-electron chi connectivity index (χ3n) is 3.94. The summed E-state index contributed by atoms with van der Waals surface area (Å²) in [6, 6.07) is -0.744. The molecule has 100 valence electrons. The Morgan fingerprint density at radius 3 is 2.22 bits per heavy atom. The van der Waals surface area contributed by atoms with E-state index in [1.807, 2.05) is 0 Å². The summed E-state index contributed by atoms with van der Waals surface area (Å²) in [7, 11) is 0. The quantitative estimate of drug-likeness (QED) is 0.783. The fourth-order valence-corrected chi connectivity index (χ4v) is 2.91. The number of amides is 1. The summed E-state index contributed by atoms with van der Waals surface area (Å²) in [6.07, 6.45) is 3.05. The van der Waals surface area contributed by atoms with Crippen molar-refractivity contribution in [3.05, 3.63) is 0 Å². The van der Waals surface area contributed by atoms with E-state index in [4.69, 9.17) is 0 Å². The van der Waals surface area contributed by atoms with Crippen molar-refractivity contribution in [2.45, 2.75) is 57.7 Å². The molecule has 18 heavy (non-hydrogen) atoms. The maximum absolute atomic E-state index is 12.3. The highest BCUT2D eigenvalue weighted by Gasteiger charge is 2.38. The highest BCUT2D eigenvalue weighted by molar-refractivity contribution is 5.91. The number of carbonyl (C=O) groups excluding carboxylic acids is 3. The Labute approximate surface area is 107 Å². The van der Waals surface area contributed by atoms with Gasteiger partial charge in [-0.15, -0.1) is 0 Å². The second-order valence-electron chi connectivity index (χ2n) is 5.26. The minimum atomic E-state index is -0.293. The maximum Gasteiger partial charge on any atom is 0.240 e. The average Bonchev–Trinajstić information content (AvgIpc) is 2.97. The van der Waals surface area contributed by atoms with Crippen LogP contribution in [0.5, 0.6) is 0 Å². The predicted octanol–water partition coefficient (Wildman–Crippen LogP) is 0.276. The molecule has 0 aromatic rings. The second kappa shape index (κ2) is 5.18. The van der Waals surface area contributed by atoms with Crippen molar-refractivity contribution in [3.63, 3.8) is 0 Å². The van der Waals surface area contributed by atoms with Crippen LogP contribution in [0.1, 0.15) is 39.5 Å². The van der Waals surface area contributed by atoms with Gasteiger partial charge in [0, 0.05) is 6.54 Å². The zero-order valence-electron chi connectivity index (χ0n) is 10.9. The fourth-order valence-electron chi connectivity index (χ4n) is 2.91. The Morgan fingerprint density at radius 2 is 1.67 bits per heavy atom. The Bertz CT molecular complexity index is 380. The van der Waals surface area contributed by atoms with Gasteiger partial charge in [0.05, 0.1) is 18.1 Å². The number of Topliss-reactive ketones (excluding diaryl/α,β-unsaturated/α-hetero) is 2. The van der Waals surface area contributed by atoms with Gasteiger partial charge in [0.1, 0.15) is 5.78 Å². The standard InChI is InChI=1S/C13H20N2O3/c1-8(16)10-5-6-11(14-10)13(18)15-7-3-4-12(15)9(2)17/h10-12,14H,3-7H2,1-2H3/t10-,11+,12-/m0/s1. The SMILES string of the molecule is CC(=O)[C@@H]1CC[C@H](C(=O)N2CCC[C@H]2C(C)=O)N1. The maximum atomic E-state index is 12.3. The van der Waals surface area contributed by atoms with Crippen LogP contribution < -0.4 is 5.32 Å². The molecule has 0 bridgehead atoms. The molecule has 0 aliphatic carbocycles. The molecule has 1 N–H and O–H groups in total. The molecule has 2 heterocycles. The summed E-state index contributed by atoms with van der Waals surface area (Å²) in [5.74, 6) is 0.119. The van der Waals surface area contributed by atoms with Gasteiger partial charge in [-0.25, -0.2) is 0 Å². The van der Waals surface area contributed by atoms with Crippen LogP contribution in [-0.4, -0.2) is 47.0 Å². The van der Waals surface area contributed by atoms with E-state index >= 15 is 0 Å². The van der Waals surface area contributed by atoms with Crippen LogP contribution in [0.3, 0.4) is 0 Å². The van der Waals surface area contributed by atoms with E-state index in [1.165, 1.54) is 6.92 Å². The number of nitrogens with one attached hydrogen (secondary N) is 1. The Hall–Kier alpha value is -1.23. The van der Waals surface area contributed by atoms with Crippen LogP contribution in [0, 0.1) is 0 Å². The first-order valence-corrected chi connectivity index (χ1v) is 6.58. The minimum Gasteiger partial charge on any atom is -0.331 e. The molecular weight excluding hydrogens is 232 g/mol. The zero-order valence-corrected chi connectivity index (χ0v) is 10.9. The monoisotopic (exact) mass is 252 g/mol. The molecule has 2 aliphatic heterocycles. The van der Waals surface area contributed by atoms with Crippen LogP contribution in [0.15, 0.2) is 0 Å². The first-order chi connectivity index (χ1) is 8.50. The molecule has 0 radical (unpaired) electrons. The van der Waals surface area contributed by atoms with E-state index in [2.05, 4.69) is 5.32 Å². The summed E-state index contributed by atoms with van der Waals surface area (Å²) >= 11 is 0. The zero-order chi connectivity index (χ0) is 13.3. The van der Waals surface area contributed by atoms with E-state index in [-0.39, 0.29) is 35.6 Å². The summed E-state index contributed by atoms with van der Waals surface area (Å²) < 4.78 is 0. The molecular formula is C13H20N2O3. The van der Waals surface area contributed by atoms with Gasteiger partial charge in [-0.05, 0) is 39.5 Å². The Balaban J connectivity index is 2.00. The van der Waals surface area contributed by atoms with E-state index in [0.29, 0.717) is 19.4 Å². The van der Waals surface area contributed by atoms with E-state index in [9.17, 15) is 14.4 Å². The smallest absolute Gasteiger partial charge is 0.240 e. The number of ketones is 2. The molecule has 0 aromatic carbocycles. The van der Waals surface area contributed by atoms with Gasteiger partial charge in [0.25, 0.3) is 0 Å². The van der Waals surface area contributed by atoms with Crippen molar-refractivity contribution >= 4 is 17.5 Å². The molecule has 1 amide bonds. The van der Waals surface area contributed by atoms with Crippen molar-refractivity contribution in [1.29, 1.82) is 0 Å². The predicted molar refractivity (Wildman–Crippen MR) is 66.0 cm³/mol. The lowest BCUT2D eigenvalue weighted by Crippen LogP contribution is -2.49. The van der Waals surface area contributed by atoms with Gasteiger partial charge < -0.3 is 4.90 Å². The van der Waals surface area contributed by atoms with Gasteiger partial charge in [0.15, 0.2) is 5.78 Å². The van der Waals surface area contributed by atoms with Crippen LogP contribution in [0.25, 0.3) is 0 Å². The highest BCUT2D eigenvalue weighted by Crippen LogP contribution is 2.22. The van der Waals surface area contributed by atoms with Gasteiger partial charge in [0.2, 0.25) is 5.91 Å². The Kier molecular flexibility index (Phi) is 3.80. The lowest BCUT2D eigenvalue weighted by atomic mass is 10.1. The topological polar surface area (TPSA) is 66.5 Å². The highest BCUT2D eigenvalue weighted by atomic mass is 16.2. The normalized spacial score (nSPS) is 31.7. The van der Waals surface area contributed by atoms with Gasteiger partial charge >= 0.3 is 0 Å². The van der Waals surface area contributed by atoms with E-state index < -0.39 is 0 Å². The molecule has 0 saturated carbocycles. The first-order valence-electron chi connectivity index (χ1n) is 6.58. The first kappa shape index (κ1) is 13.2. The molecule has 0 spiro atoms. The van der Waals surface area contributed by atoms with Gasteiger partial charge in [-0.3, -0.25) is 19.7 Å². The van der Waals surface area contributed by atoms with Crippen LogP contribution in [-0.2, 0) is 14.4 Å². The van der Waals surface area contributed by atoms with Crippen molar-refractivity contribution in [2.75, 3.05) is 6.54 Å². The molecule has 2 saturated heterocycles. The van der Waals surface area contributed by atoms with Crippen molar-refractivity contribution in [1.82, 2.24) is 10.2 Å². The van der Waals surface area contributed by atoms with Crippen molar-refractivity contribution in [3.8, 4) is 0 Å². The summed E-state index contributed by atoms with van der Waals surface area (Å²) in [5, 5.41) is 3.07. The third-order valence-corrected chi connectivity index (χ3v) is 3.94. The fraction of sp³-hybridized carbons (Fsp3) is 0.769. The largest absolute Gasteiger partial charge is 0.331 e. The summed E-state index contributed by atoms with van der Waals surface area (Å²) in [6.45, 7) is 3.74. The number of carbonyl (C=O) groups is 3. The number of nitrogens with zero attached hydrogens (tertiary/aromatic N) is 1. The molecule has 0 unspecified atom stereocenters. The van der Waals surface area contributed by atoms with Crippen molar-refractivity contribution < 1.29 is 14.4 Å². The van der Waals surface area contributed by atoms with E-state index in [0.717, 1.165) is 12.8 Å². The minimum absolute atomic E-state index is 0.0172. The Morgan fingerprint density at radius 1 is 1.00 bits per heavy atom. The third kappa shape index (κ3) is 2.46. The van der Waals surface area contributed by atoms with Crippen molar-refractivity contribution in [2.24, 2.45) is 0 Å². The van der Waals surface area contributed by atoms with Crippen LogP contribution in [0.2, 0.25) is 0 Å². The molecule has 2 aliphatic rings. The molecule has 2 fully saturated rings. The van der Waals surface area contributed by atoms with Crippen LogP contribution in [0.4, 0.5) is 0 Å². The molecule has 5 heteroatoms. The number of rotatable bonds is 3. The van der Waals surface area contributed by atoms with Gasteiger partial charge in [-0.2, -0.15) is 0 Å². The number of hydrogen-bond donors (Lipinski definition) is 1. The molecule has 3 atom stereocenters. The summed E-state index contributed by atoms with van der Waals surface area (Å²) in [4.78, 5) is 36.8.